The first kappa shape index (κ1) is 13.1. The number of carbonyl (C=O) groups excluding carboxylic acids is 1. The largest absolute Gasteiger partial charge is 0.459 e. The third-order valence-corrected chi connectivity index (χ3v) is 5.72. The number of allylic oxidation sites excluding steroid dienone is 1. The summed E-state index contributed by atoms with van der Waals surface area (Å²) in [6.45, 7) is 5.72. The standard InChI is InChI=1S/C15H22O4/c1-8-4-5-10(16)14(2)7-6-9-12(11(8)14)19-13(17)15(9,3)18/h4-5,8-12,16,18H,6-7H2,1-3H3/t8-,9-,10-,11-,12-,14+,15+/m1/s1. The third-order valence-electron chi connectivity index (χ3n) is 5.72. The maximum atomic E-state index is 11.9. The van der Waals surface area contributed by atoms with Gasteiger partial charge in [-0.15, -0.1) is 0 Å². The number of carbonyl (C=O) groups is 1. The molecule has 0 spiro atoms. The molecule has 2 N–H and O–H groups in total. The predicted molar refractivity (Wildman–Crippen MR) is 69.1 cm³/mol. The molecule has 106 valence electrons. The van der Waals surface area contributed by atoms with Crippen LogP contribution in [0.2, 0.25) is 0 Å². The fourth-order valence-electron chi connectivity index (χ4n) is 4.44. The van der Waals surface area contributed by atoms with Crippen LogP contribution in [-0.4, -0.2) is 34.0 Å². The van der Waals surface area contributed by atoms with E-state index in [4.69, 9.17) is 4.74 Å². The minimum atomic E-state index is -1.38. The Hall–Kier alpha value is -0.870. The van der Waals surface area contributed by atoms with Crippen molar-refractivity contribution in [3.63, 3.8) is 0 Å². The first-order chi connectivity index (χ1) is 8.78. The number of ether oxygens (including phenoxy) is 1. The molecule has 2 fully saturated rings. The number of hydrogen-bond acceptors (Lipinski definition) is 4. The van der Waals surface area contributed by atoms with Crippen LogP contribution in [0, 0.1) is 23.2 Å². The van der Waals surface area contributed by atoms with E-state index < -0.39 is 17.7 Å². The van der Waals surface area contributed by atoms with Gasteiger partial charge in [-0.2, -0.15) is 0 Å². The Balaban J connectivity index is 2.02. The minimum Gasteiger partial charge on any atom is -0.459 e. The monoisotopic (exact) mass is 266 g/mol. The van der Waals surface area contributed by atoms with E-state index >= 15 is 0 Å². The fraction of sp³-hybridized carbons (Fsp3) is 0.800. The highest BCUT2D eigenvalue weighted by Crippen LogP contribution is 2.56. The second kappa shape index (κ2) is 3.83. The van der Waals surface area contributed by atoms with Crippen molar-refractivity contribution in [3.8, 4) is 0 Å². The molecule has 0 aromatic rings. The lowest BCUT2D eigenvalue weighted by atomic mass is 9.53. The second-order valence-electron chi connectivity index (χ2n) is 6.88. The first-order valence-electron chi connectivity index (χ1n) is 7.08. The van der Waals surface area contributed by atoms with Crippen LogP contribution in [0.4, 0.5) is 0 Å². The lowest BCUT2D eigenvalue weighted by molar-refractivity contribution is -0.158. The molecule has 1 aliphatic heterocycles. The number of fused-ring (bicyclic) bond motifs is 3. The highest BCUT2D eigenvalue weighted by molar-refractivity contribution is 5.81. The fourth-order valence-corrected chi connectivity index (χ4v) is 4.44. The first-order valence-corrected chi connectivity index (χ1v) is 7.08. The molecule has 1 saturated carbocycles. The van der Waals surface area contributed by atoms with Gasteiger partial charge in [-0.25, -0.2) is 4.79 Å². The summed E-state index contributed by atoms with van der Waals surface area (Å²) in [4.78, 5) is 11.9. The summed E-state index contributed by atoms with van der Waals surface area (Å²) in [5.41, 5.74) is -1.64. The summed E-state index contributed by atoms with van der Waals surface area (Å²) in [5, 5.41) is 20.6. The molecular formula is C15H22O4. The number of rotatable bonds is 0. The van der Waals surface area contributed by atoms with E-state index in [2.05, 4.69) is 13.8 Å². The second-order valence-corrected chi connectivity index (χ2v) is 6.88. The Labute approximate surface area is 113 Å². The van der Waals surface area contributed by atoms with Gasteiger partial charge < -0.3 is 14.9 Å². The quantitative estimate of drug-likeness (QED) is 0.512. The average Bonchev–Trinajstić information content (AvgIpc) is 2.55. The zero-order valence-corrected chi connectivity index (χ0v) is 11.7. The molecule has 0 radical (unpaired) electrons. The van der Waals surface area contributed by atoms with Gasteiger partial charge >= 0.3 is 5.97 Å². The maximum Gasteiger partial charge on any atom is 0.338 e. The van der Waals surface area contributed by atoms with Crippen LogP contribution >= 0.6 is 0 Å². The van der Waals surface area contributed by atoms with Crippen LogP contribution in [-0.2, 0) is 9.53 Å². The molecule has 0 aromatic carbocycles. The van der Waals surface area contributed by atoms with Crippen LogP contribution in [0.15, 0.2) is 12.2 Å². The van der Waals surface area contributed by atoms with Gasteiger partial charge in [0.1, 0.15) is 6.10 Å². The van der Waals surface area contributed by atoms with E-state index in [1.165, 1.54) is 0 Å². The van der Waals surface area contributed by atoms with Gasteiger partial charge in [-0.05, 0) is 25.7 Å². The molecular weight excluding hydrogens is 244 g/mol. The van der Waals surface area contributed by atoms with Crippen molar-refractivity contribution < 1.29 is 19.7 Å². The van der Waals surface area contributed by atoms with E-state index in [0.29, 0.717) is 6.42 Å². The van der Waals surface area contributed by atoms with Crippen LogP contribution < -0.4 is 0 Å². The molecule has 7 atom stereocenters. The Morgan fingerprint density at radius 3 is 2.74 bits per heavy atom. The van der Waals surface area contributed by atoms with Crippen LogP contribution in [0.1, 0.15) is 33.6 Å². The number of aliphatic hydroxyl groups is 2. The molecule has 0 bridgehead atoms. The van der Waals surface area contributed by atoms with Crippen LogP contribution in [0.3, 0.4) is 0 Å². The topological polar surface area (TPSA) is 66.8 Å². The molecule has 4 nitrogen and oxygen atoms in total. The normalized spacial score (nSPS) is 56.5. The minimum absolute atomic E-state index is 0.0733. The summed E-state index contributed by atoms with van der Waals surface area (Å²) in [7, 11) is 0. The number of esters is 1. The van der Waals surface area contributed by atoms with Crippen LogP contribution in [0.25, 0.3) is 0 Å². The number of aliphatic hydroxyl groups excluding tert-OH is 1. The average molecular weight is 266 g/mol. The van der Waals surface area contributed by atoms with Gasteiger partial charge in [0.25, 0.3) is 0 Å². The van der Waals surface area contributed by atoms with Gasteiger partial charge in [-0.1, -0.05) is 26.0 Å². The summed E-state index contributed by atoms with van der Waals surface area (Å²) in [5.74, 6) is -0.353. The molecule has 19 heavy (non-hydrogen) atoms. The van der Waals surface area contributed by atoms with Crippen molar-refractivity contribution in [1.29, 1.82) is 0 Å². The summed E-state index contributed by atoms with van der Waals surface area (Å²) in [6.07, 6.45) is 4.60. The molecule has 3 rings (SSSR count). The summed E-state index contributed by atoms with van der Waals surface area (Å²) >= 11 is 0. The molecule has 0 amide bonds. The van der Waals surface area contributed by atoms with Crippen molar-refractivity contribution >= 4 is 5.97 Å². The van der Waals surface area contributed by atoms with Gasteiger partial charge in [0, 0.05) is 17.3 Å². The molecule has 4 heteroatoms. The van der Waals surface area contributed by atoms with E-state index in [1.54, 1.807) is 6.92 Å². The Kier molecular flexibility index (Phi) is 2.64. The zero-order chi connectivity index (χ0) is 14.0. The molecule has 1 saturated heterocycles. The highest BCUT2D eigenvalue weighted by atomic mass is 16.6. The lowest BCUT2D eigenvalue weighted by Gasteiger charge is -2.52. The van der Waals surface area contributed by atoms with Crippen molar-refractivity contribution in [3.05, 3.63) is 12.2 Å². The zero-order valence-electron chi connectivity index (χ0n) is 11.7. The van der Waals surface area contributed by atoms with E-state index in [0.717, 1.165) is 6.42 Å². The summed E-state index contributed by atoms with van der Waals surface area (Å²) < 4.78 is 5.50. The molecule has 0 unspecified atom stereocenters. The maximum absolute atomic E-state index is 11.9. The van der Waals surface area contributed by atoms with Gasteiger partial charge in [-0.3, -0.25) is 0 Å². The van der Waals surface area contributed by atoms with Crippen LogP contribution in [0.5, 0.6) is 0 Å². The lowest BCUT2D eigenvalue weighted by Crippen LogP contribution is -2.55. The predicted octanol–water partition coefficient (Wildman–Crippen LogP) is 1.26. The molecule has 1 heterocycles. The molecule has 2 aliphatic carbocycles. The summed E-state index contributed by atoms with van der Waals surface area (Å²) in [6, 6.07) is 0. The Morgan fingerprint density at radius 2 is 2.05 bits per heavy atom. The third kappa shape index (κ3) is 1.56. The molecule has 0 aromatic heterocycles. The van der Waals surface area contributed by atoms with Gasteiger partial charge in [0.2, 0.25) is 0 Å². The van der Waals surface area contributed by atoms with Crippen molar-refractivity contribution in [2.45, 2.75) is 51.4 Å². The van der Waals surface area contributed by atoms with Crippen molar-refractivity contribution in [1.82, 2.24) is 0 Å². The molecule has 3 aliphatic rings. The van der Waals surface area contributed by atoms with E-state index in [9.17, 15) is 15.0 Å². The van der Waals surface area contributed by atoms with Gasteiger partial charge in [0.05, 0.1) is 6.10 Å². The van der Waals surface area contributed by atoms with E-state index in [1.807, 2.05) is 12.2 Å². The smallest absolute Gasteiger partial charge is 0.338 e. The Bertz CT molecular complexity index is 441. The van der Waals surface area contributed by atoms with Crippen molar-refractivity contribution in [2.24, 2.45) is 23.2 Å². The number of hydrogen-bond donors (Lipinski definition) is 2. The Morgan fingerprint density at radius 1 is 1.37 bits per heavy atom. The van der Waals surface area contributed by atoms with Crippen molar-refractivity contribution in [2.75, 3.05) is 0 Å². The van der Waals surface area contributed by atoms with E-state index in [-0.39, 0.29) is 29.3 Å². The SMILES string of the molecule is C[C@@H]1C=C[C@@H](O)[C@]2(C)CC[C@@H]3[C@@H](OC(=O)[C@@]3(C)O)[C@@H]12. The highest BCUT2D eigenvalue weighted by Gasteiger charge is 2.63. The van der Waals surface area contributed by atoms with Gasteiger partial charge in [0.15, 0.2) is 5.60 Å².